The number of ether oxygens (including phenoxy) is 2. The smallest absolute Gasteiger partial charge is 0.250 e. The molecular weight excluding hydrogens is 1000 g/mol. The monoisotopic (exact) mass is 1050 g/mol. The Bertz CT molecular complexity index is 3860. The molecule has 16 rings (SSSR count). The molecule has 0 aromatic heterocycles. The van der Waals surface area contributed by atoms with Crippen molar-refractivity contribution < 1.29 is 9.47 Å². The van der Waals surface area contributed by atoms with Crippen LogP contribution >= 0.6 is 0 Å². The van der Waals surface area contributed by atoms with Crippen LogP contribution in [0.1, 0.15) is 0 Å². The van der Waals surface area contributed by atoms with E-state index in [9.17, 15) is 0 Å². The molecule has 0 saturated heterocycles. The van der Waals surface area contributed by atoms with Crippen LogP contribution in [0.25, 0.3) is 0 Å². The Kier molecular flexibility index (Phi) is 10.5. The zero-order valence-electron chi connectivity index (χ0n) is 43.3. The van der Waals surface area contributed by atoms with Crippen molar-refractivity contribution in [2.24, 2.45) is 0 Å². The standard InChI is InChI=1S/C72H50B2O2Si3/c1-7-27-51(28-8-1)77(52-29-9-2-10-30-52,53-31-11-3-12-32-53)67-49-23-41-59-71(67)75-61-43-25-47-65-69(61)73(59)57-39-19-21-45-63(57)79(65)64-46-22-20-40-58(64)74-60-42-24-50-68(72(60)76-62-44-26-48-66(79)70(62)74)78(54-33-13-4-14-34-54,55-35-15-5-16-36-55)56-37-17-6-18-38-56/h1-50H. The summed E-state index contributed by atoms with van der Waals surface area (Å²) in [4.78, 5) is 0. The molecule has 0 aliphatic carbocycles. The predicted molar refractivity (Wildman–Crippen MR) is 340 cm³/mol. The Labute approximate surface area is 465 Å². The van der Waals surface area contributed by atoms with Gasteiger partial charge in [-0.2, -0.15) is 0 Å². The van der Waals surface area contributed by atoms with Gasteiger partial charge in [0.25, 0.3) is 13.4 Å². The summed E-state index contributed by atoms with van der Waals surface area (Å²) in [6, 6.07) is 114. The maximum absolute atomic E-state index is 7.77. The molecule has 0 fully saturated rings. The van der Waals surface area contributed by atoms with E-state index >= 15 is 0 Å². The average molecular weight is 1050 g/mol. The molecule has 0 radical (unpaired) electrons. The minimum Gasteiger partial charge on any atom is -0.459 e. The van der Waals surface area contributed by atoms with Gasteiger partial charge in [-0.3, -0.25) is 0 Å². The lowest BCUT2D eigenvalue weighted by atomic mass is 9.35. The topological polar surface area (TPSA) is 18.5 Å². The fourth-order valence-corrected chi connectivity index (χ4v) is 30.8. The molecule has 2 nitrogen and oxygen atoms in total. The second-order valence-corrected chi connectivity index (χ2v) is 32.8. The lowest BCUT2D eigenvalue weighted by Gasteiger charge is -2.50. The number of hydrogen-bond donors (Lipinski definition) is 0. The van der Waals surface area contributed by atoms with Crippen LogP contribution in [0.15, 0.2) is 303 Å². The first kappa shape index (κ1) is 46.1. The molecule has 12 aromatic rings. The number of hydrogen-bond acceptors (Lipinski definition) is 2. The van der Waals surface area contributed by atoms with Crippen LogP contribution in [0, 0.1) is 0 Å². The highest BCUT2D eigenvalue weighted by Crippen LogP contribution is 2.32. The molecule has 0 saturated carbocycles. The molecular formula is C72H50B2O2Si3. The molecule has 0 atom stereocenters. The van der Waals surface area contributed by atoms with E-state index in [0.717, 1.165) is 23.0 Å². The van der Waals surface area contributed by atoms with E-state index < -0.39 is 24.2 Å². The molecule has 12 aromatic carbocycles. The van der Waals surface area contributed by atoms with Gasteiger partial charge in [-0.25, -0.2) is 0 Å². The van der Waals surface area contributed by atoms with Crippen LogP contribution in [0.4, 0.5) is 0 Å². The van der Waals surface area contributed by atoms with Gasteiger partial charge in [0, 0.05) is 0 Å². The summed E-state index contributed by atoms with van der Waals surface area (Å²) in [5.74, 6) is 3.85. The van der Waals surface area contributed by atoms with Crippen LogP contribution in [0.3, 0.4) is 0 Å². The molecule has 4 heterocycles. The Morgan fingerprint density at radius 2 is 0.506 bits per heavy atom. The average Bonchev–Trinajstić information content (AvgIpc) is 3.53. The van der Waals surface area contributed by atoms with E-state index in [1.807, 2.05) is 0 Å². The molecule has 7 heteroatoms. The highest BCUT2D eigenvalue weighted by molar-refractivity contribution is 7.31. The van der Waals surface area contributed by atoms with Crippen molar-refractivity contribution in [3.63, 3.8) is 0 Å². The molecule has 0 bridgehead atoms. The lowest BCUT2D eigenvalue weighted by Crippen LogP contribution is -2.93. The Balaban J connectivity index is 0.940. The van der Waals surface area contributed by atoms with Gasteiger partial charge in [0.15, 0.2) is 24.2 Å². The van der Waals surface area contributed by atoms with E-state index in [4.69, 9.17) is 9.47 Å². The second-order valence-electron chi connectivity index (χ2n) is 21.6. The maximum atomic E-state index is 7.77. The third kappa shape index (κ3) is 6.35. The van der Waals surface area contributed by atoms with Gasteiger partial charge in [0.2, 0.25) is 0 Å². The van der Waals surface area contributed by atoms with Gasteiger partial charge in [0.05, 0.1) is 0 Å². The van der Waals surface area contributed by atoms with Crippen LogP contribution in [0.2, 0.25) is 0 Å². The second kappa shape index (κ2) is 18.0. The van der Waals surface area contributed by atoms with Gasteiger partial charge < -0.3 is 9.47 Å². The van der Waals surface area contributed by atoms with Gasteiger partial charge >= 0.3 is 0 Å². The summed E-state index contributed by atoms with van der Waals surface area (Å²) in [6.07, 6.45) is 0. The first-order chi connectivity index (χ1) is 39.2. The lowest BCUT2D eigenvalue weighted by molar-refractivity contribution is 0.491. The fourth-order valence-electron chi connectivity index (χ4n) is 15.2. The molecule has 4 aliphatic rings. The molecule has 0 unspecified atom stereocenters. The summed E-state index contributed by atoms with van der Waals surface area (Å²) >= 11 is 0. The van der Waals surface area contributed by atoms with Crippen LogP contribution in [0.5, 0.6) is 23.0 Å². The zero-order valence-corrected chi connectivity index (χ0v) is 46.3. The predicted octanol–water partition coefficient (Wildman–Crippen LogP) is 3.69. The number of rotatable bonds is 8. The first-order valence-electron chi connectivity index (χ1n) is 27.6. The molecule has 0 amide bonds. The quantitative estimate of drug-likeness (QED) is 0.171. The van der Waals surface area contributed by atoms with E-state index in [1.165, 1.54) is 95.0 Å². The molecule has 79 heavy (non-hydrogen) atoms. The fraction of sp³-hybridized carbons (Fsp3) is 0. The van der Waals surface area contributed by atoms with E-state index in [2.05, 4.69) is 303 Å². The van der Waals surface area contributed by atoms with Crippen molar-refractivity contribution in [1.82, 2.24) is 0 Å². The van der Waals surface area contributed by atoms with Crippen LogP contribution in [-0.4, -0.2) is 37.6 Å². The Hall–Kier alpha value is -8.98. The zero-order chi connectivity index (χ0) is 52.1. The van der Waals surface area contributed by atoms with E-state index in [-0.39, 0.29) is 13.4 Å². The third-order valence-corrected chi connectivity index (χ3v) is 32.7. The Morgan fingerprint density at radius 3 is 0.835 bits per heavy atom. The van der Waals surface area contributed by atoms with Crippen LogP contribution in [-0.2, 0) is 0 Å². The first-order valence-corrected chi connectivity index (χ1v) is 33.6. The summed E-state index contributed by atoms with van der Waals surface area (Å²) in [5.41, 5.74) is 7.74. The maximum Gasteiger partial charge on any atom is 0.250 e. The molecule has 0 N–H and O–H groups in total. The highest BCUT2D eigenvalue weighted by atomic mass is 28.3. The van der Waals surface area contributed by atoms with Gasteiger partial charge in [-0.1, -0.05) is 302 Å². The van der Waals surface area contributed by atoms with Crippen molar-refractivity contribution in [1.29, 1.82) is 0 Å². The van der Waals surface area contributed by atoms with E-state index in [0.29, 0.717) is 0 Å². The minimum absolute atomic E-state index is 0.0609. The third-order valence-electron chi connectivity index (χ3n) is 18.1. The van der Waals surface area contributed by atoms with Gasteiger partial charge in [-0.05, 0) is 96.2 Å². The molecule has 368 valence electrons. The minimum atomic E-state index is -3.17. The van der Waals surface area contributed by atoms with Crippen molar-refractivity contribution in [2.45, 2.75) is 0 Å². The number of fused-ring (bicyclic) bond motifs is 12. The SMILES string of the molecule is c1ccc([Si](c2ccccc2)(c2ccccc2)c2cccc3c2Oc2cccc4c2B3c2ccccc2[Si]42c3ccccc3B3c4cccc([Si](c5ccccc5)(c5ccccc5)c5ccccc5)c4Oc4cccc2c43)cc1. The Morgan fingerprint density at radius 1 is 0.241 bits per heavy atom. The molecule has 1 spiro atoms. The summed E-state index contributed by atoms with van der Waals surface area (Å²) in [5, 5.41) is 16.1. The summed E-state index contributed by atoms with van der Waals surface area (Å²) in [7, 11) is -9.18. The summed E-state index contributed by atoms with van der Waals surface area (Å²) < 4.78 is 15.5. The van der Waals surface area contributed by atoms with Crippen molar-refractivity contribution >= 4 is 133 Å². The largest absolute Gasteiger partial charge is 0.459 e. The number of para-hydroxylation sites is 2. The number of benzene rings is 12. The normalized spacial score (nSPS) is 13.8. The van der Waals surface area contributed by atoms with Crippen LogP contribution < -0.4 is 104 Å². The summed E-state index contributed by atoms with van der Waals surface area (Å²) in [6.45, 7) is -0.122. The highest BCUT2D eigenvalue weighted by Gasteiger charge is 2.59. The van der Waals surface area contributed by atoms with E-state index in [1.54, 1.807) is 0 Å². The van der Waals surface area contributed by atoms with Crippen molar-refractivity contribution in [3.8, 4) is 23.0 Å². The van der Waals surface area contributed by atoms with Gasteiger partial charge in [0.1, 0.15) is 23.0 Å². The van der Waals surface area contributed by atoms with Crippen molar-refractivity contribution in [3.05, 3.63) is 303 Å². The molecule has 4 aliphatic heterocycles. The van der Waals surface area contributed by atoms with Gasteiger partial charge in [-0.15, -0.1) is 0 Å². The van der Waals surface area contributed by atoms with Crippen molar-refractivity contribution in [2.75, 3.05) is 0 Å².